The van der Waals surface area contributed by atoms with Crippen LogP contribution in [0.15, 0.2) is 182 Å². The number of hydrogen-bond acceptors (Lipinski definition) is 4. The van der Waals surface area contributed by atoms with E-state index in [1.165, 1.54) is 37.7 Å². The first-order valence-corrected chi connectivity index (χ1v) is 19.5. The fourth-order valence-corrected chi connectivity index (χ4v) is 10.5. The number of nitrogens with zero attached hydrogens (tertiary/aromatic N) is 2. The smallest absolute Gasteiger partial charge is 0.161 e. The van der Waals surface area contributed by atoms with Crippen LogP contribution in [0, 0.1) is 0 Å². The minimum Gasteiger partial charge on any atom is -0.457 e. The summed E-state index contributed by atoms with van der Waals surface area (Å²) < 4.78 is 8.97. The molecule has 10 aromatic rings. The van der Waals surface area contributed by atoms with E-state index in [-0.39, 0.29) is 0 Å². The molecule has 256 valence electrons. The van der Waals surface area contributed by atoms with Crippen molar-refractivity contribution < 1.29 is 4.74 Å². The van der Waals surface area contributed by atoms with Gasteiger partial charge < -0.3 is 4.74 Å². The molecule has 1 aliphatic carbocycles. The van der Waals surface area contributed by atoms with Crippen LogP contribution in [0.5, 0.6) is 11.5 Å². The highest BCUT2D eigenvalue weighted by atomic mass is 32.1. The van der Waals surface area contributed by atoms with E-state index in [0.29, 0.717) is 0 Å². The monoisotopic (exact) mass is 718 g/mol. The molecule has 0 saturated carbocycles. The van der Waals surface area contributed by atoms with E-state index in [1.807, 2.05) is 0 Å². The van der Waals surface area contributed by atoms with Gasteiger partial charge >= 0.3 is 0 Å². The summed E-state index contributed by atoms with van der Waals surface area (Å²) in [6, 6.07) is 65.1. The highest BCUT2D eigenvalue weighted by molar-refractivity contribution is 7.26. The van der Waals surface area contributed by atoms with Crippen LogP contribution in [-0.4, -0.2) is 9.97 Å². The van der Waals surface area contributed by atoms with Crippen LogP contribution >= 0.6 is 11.3 Å². The highest BCUT2D eigenvalue weighted by Crippen LogP contribution is 2.64. The zero-order valence-corrected chi connectivity index (χ0v) is 30.3. The van der Waals surface area contributed by atoms with Crippen molar-refractivity contribution in [2.45, 2.75) is 5.41 Å². The fraction of sp³-hybridized carbons (Fsp3) is 0.0196. The van der Waals surface area contributed by atoms with E-state index >= 15 is 0 Å². The molecule has 12 rings (SSSR count). The summed E-state index contributed by atoms with van der Waals surface area (Å²) in [4.78, 5) is 11.1. The van der Waals surface area contributed by atoms with E-state index < -0.39 is 5.41 Å². The van der Waals surface area contributed by atoms with Crippen molar-refractivity contribution in [2.75, 3.05) is 0 Å². The van der Waals surface area contributed by atoms with Gasteiger partial charge in [0.15, 0.2) is 5.82 Å². The predicted molar refractivity (Wildman–Crippen MR) is 226 cm³/mol. The topological polar surface area (TPSA) is 35.0 Å². The third-order valence-electron chi connectivity index (χ3n) is 11.6. The second kappa shape index (κ2) is 11.6. The van der Waals surface area contributed by atoms with E-state index in [0.717, 1.165) is 72.0 Å². The van der Waals surface area contributed by atoms with Gasteiger partial charge in [-0.05, 0) is 62.4 Å². The summed E-state index contributed by atoms with van der Waals surface area (Å²) in [6.07, 6.45) is 0. The summed E-state index contributed by atoms with van der Waals surface area (Å²) in [5, 5.41) is 3.58. The van der Waals surface area contributed by atoms with Gasteiger partial charge in [-0.25, -0.2) is 9.97 Å². The Hall–Kier alpha value is -6.88. The summed E-state index contributed by atoms with van der Waals surface area (Å²) >= 11 is 1.78. The lowest BCUT2D eigenvalue weighted by molar-refractivity contribution is 0.436. The summed E-state index contributed by atoms with van der Waals surface area (Å²) in [7, 11) is 0. The van der Waals surface area contributed by atoms with Crippen molar-refractivity contribution in [2.24, 2.45) is 0 Å². The van der Waals surface area contributed by atoms with Crippen LogP contribution in [-0.2, 0) is 5.41 Å². The van der Waals surface area contributed by atoms with Gasteiger partial charge in [0, 0.05) is 32.3 Å². The van der Waals surface area contributed by atoms with Crippen molar-refractivity contribution in [3.05, 3.63) is 204 Å². The van der Waals surface area contributed by atoms with Crippen LogP contribution in [0.25, 0.3) is 76.0 Å². The number of aromatic nitrogens is 2. The minimum absolute atomic E-state index is 0.606. The highest BCUT2D eigenvalue weighted by Gasteiger charge is 2.52. The molecule has 4 heteroatoms. The molecule has 3 nitrogen and oxygen atoms in total. The predicted octanol–water partition coefficient (Wildman–Crippen LogP) is 13.5. The maximum absolute atomic E-state index is 6.68. The Labute approximate surface area is 321 Å². The average molecular weight is 719 g/mol. The molecule has 55 heavy (non-hydrogen) atoms. The van der Waals surface area contributed by atoms with Gasteiger partial charge in [0.2, 0.25) is 0 Å². The van der Waals surface area contributed by atoms with Crippen molar-refractivity contribution in [1.82, 2.24) is 9.97 Å². The van der Waals surface area contributed by atoms with Crippen molar-refractivity contribution in [3.8, 4) is 56.4 Å². The van der Waals surface area contributed by atoms with E-state index in [9.17, 15) is 0 Å². The van der Waals surface area contributed by atoms with Crippen LogP contribution in [0.2, 0.25) is 0 Å². The van der Waals surface area contributed by atoms with Crippen molar-refractivity contribution in [1.29, 1.82) is 0 Å². The van der Waals surface area contributed by atoms with Crippen molar-refractivity contribution in [3.63, 3.8) is 0 Å². The lowest BCUT2D eigenvalue weighted by atomic mass is 9.66. The molecule has 0 amide bonds. The SMILES string of the molecule is c1ccc(-c2ccccc2-c2nc(-c3cccc4c3-c3c(ccc5ccccc35)C43c4ccccc4Oc4ccccc43)c3sc4ccccc4c3n2)cc1. The molecule has 2 aliphatic rings. The first-order valence-electron chi connectivity index (χ1n) is 18.7. The Balaban J connectivity index is 1.24. The number of rotatable bonds is 3. The summed E-state index contributed by atoms with van der Waals surface area (Å²) in [5.41, 5.74) is 12.9. The molecular weight excluding hydrogens is 689 g/mol. The first-order chi connectivity index (χ1) is 27.3. The average Bonchev–Trinajstić information content (AvgIpc) is 3.78. The fourth-order valence-electron chi connectivity index (χ4n) is 9.35. The Morgan fingerprint density at radius 1 is 0.436 bits per heavy atom. The Morgan fingerprint density at radius 3 is 1.87 bits per heavy atom. The van der Waals surface area contributed by atoms with Crippen LogP contribution in [0.1, 0.15) is 22.3 Å². The number of benzene rings is 8. The Morgan fingerprint density at radius 2 is 1.05 bits per heavy atom. The van der Waals surface area contributed by atoms with Gasteiger partial charge in [0.25, 0.3) is 0 Å². The number of hydrogen-bond donors (Lipinski definition) is 0. The molecule has 0 N–H and O–H groups in total. The zero-order chi connectivity index (χ0) is 36.1. The van der Waals surface area contributed by atoms with E-state index in [4.69, 9.17) is 14.7 Å². The summed E-state index contributed by atoms with van der Waals surface area (Å²) in [5.74, 6) is 2.48. The molecular formula is C51H30N2OS. The van der Waals surface area contributed by atoms with Gasteiger partial charge in [0.05, 0.1) is 21.3 Å². The van der Waals surface area contributed by atoms with Gasteiger partial charge in [-0.1, -0.05) is 164 Å². The third kappa shape index (κ3) is 4.20. The van der Waals surface area contributed by atoms with Gasteiger partial charge in [-0.2, -0.15) is 0 Å². The molecule has 0 bridgehead atoms. The van der Waals surface area contributed by atoms with Crippen LogP contribution in [0.3, 0.4) is 0 Å². The normalized spacial score (nSPS) is 13.4. The molecule has 2 aromatic heterocycles. The molecule has 3 heterocycles. The largest absolute Gasteiger partial charge is 0.457 e. The molecule has 0 unspecified atom stereocenters. The maximum Gasteiger partial charge on any atom is 0.161 e. The van der Waals surface area contributed by atoms with E-state index in [1.54, 1.807) is 11.3 Å². The van der Waals surface area contributed by atoms with Gasteiger partial charge in [-0.15, -0.1) is 11.3 Å². The second-order valence-corrected chi connectivity index (χ2v) is 15.4. The maximum atomic E-state index is 6.68. The Kier molecular flexibility index (Phi) is 6.42. The third-order valence-corrected chi connectivity index (χ3v) is 12.7. The van der Waals surface area contributed by atoms with Crippen LogP contribution < -0.4 is 4.74 Å². The quantitative estimate of drug-likeness (QED) is 0.182. The molecule has 0 saturated heterocycles. The molecule has 0 fully saturated rings. The first kappa shape index (κ1) is 30.6. The molecule has 8 aromatic carbocycles. The lowest BCUT2D eigenvalue weighted by Crippen LogP contribution is -2.32. The number of thiophene rings is 1. The van der Waals surface area contributed by atoms with Gasteiger partial charge in [0.1, 0.15) is 11.5 Å². The number of fused-ring (bicyclic) bond motifs is 14. The summed E-state index contributed by atoms with van der Waals surface area (Å²) in [6.45, 7) is 0. The standard InChI is InChI=1S/C51H30N2OS/c1-2-15-31(16-3-1)33-18-6-7-20-35(33)50-52-47-36-21-8-13-28-44(36)55-49(47)48(53-50)37-22-14-25-40-46(37)45-34-19-5-4-17-32(34)29-30-41(45)51(40)38-23-9-11-26-42(38)54-43-27-12-10-24-39(43)51/h1-30H. The van der Waals surface area contributed by atoms with E-state index in [2.05, 4.69) is 182 Å². The molecule has 1 spiro atoms. The molecule has 0 atom stereocenters. The Bertz CT molecular complexity index is 3150. The molecule has 1 aliphatic heterocycles. The second-order valence-electron chi connectivity index (χ2n) is 14.4. The van der Waals surface area contributed by atoms with Crippen molar-refractivity contribution >= 4 is 42.4 Å². The lowest BCUT2D eigenvalue weighted by Gasteiger charge is -2.39. The van der Waals surface area contributed by atoms with Gasteiger partial charge in [-0.3, -0.25) is 0 Å². The molecule has 0 radical (unpaired) electrons. The van der Waals surface area contributed by atoms with Crippen LogP contribution in [0.4, 0.5) is 0 Å². The number of para-hydroxylation sites is 2. The zero-order valence-electron chi connectivity index (χ0n) is 29.5. The minimum atomic E-state index is -0.606. The number of ether oxygens (including phenoxy) is 1.